The second-order valence-electron chi connectivity index (χ2n) is 7.32. The molecule has 0 atom stereocenters. The third-order valence-corrected chi connectivity index (χ3v) is 7.22. The summed E-state index contributed by atoms with van der Waals surface area (Å²) in [6.07, 6.45) is 4.18. The molecule has 8 heteroatoms. The summed E-state index contributed by atoms with van der Waals surface area (Å²) in [5.41, 5.74) is 3.47. The van der Waals surface area contributed by atoms with E-state index in [1.165, 1.54) is 17.7 Å². The van der Waals surface area contributed by atoms with Crippen molar-refractivity contribution in [3.8, 4) is 0 Å². The highest BCUT2D eigenvalue weighted by molar-refractivity contribution is 7.89. The van der Waals surface area contributed by atoms with Crippen molar-refractivity contribution in [3.05, 3.63) is 59.2 Å². The second kappa shape index (κ2) is 7.96. The van der Waals surface area contributed by atoms with Gasteiger partial charge in [-0.1, -0.05) is 18.2 Å². The zero-order chi connectivity index (χ0) is 20.4. The molecule has 0 bridgehead atoms. The van der Waals surface area contributed by atoms with Crippen molar-refractivity contribution in [2.24, 2.45) is 0 Å². The van der Waals surface area contributed by atoms with E-state index in [1.807, 2.05) is 12.1 Å². The molecule has 2 aromatic rings. The quantitative estimate of drug-likeness (QED) is 0.801. The van der Waals surface area contributed by atoms with Gasteiger partial charge in [-0.25, -0.2) is 8.42 Å². The van der Waals surface area contributed by atoms with Crippen LogP contribution in [0.15, 0.2) is 47.4 Å². The Morgan fingerprint density at radius 2 is 1.86 bits per heavy atom. The molecule has 152 valence electrons. The van der Waals surface area contributed by atoms with Gasteiger partial charge < -0.3 is 10.6 Å². The van der Waals surface area contributed by atoms with Crippen LogP contribution in [0.4, 0.5) is 5.69 Å². The van der Waals surface area contributed by atoms with E-state index in [9.17, 15) is 18.0 Å². The van der Waals surface area contributed by atoms with Gasteiger partial charge in [0, 0.05) is 24.3 Å². The van der Waals surface area contributed by atoms with E-state index < -0.39 is 10.0 Å². The monoisotopic (exact) mass is 413 g/mol. The molecule has 0 unspecified atom stereocenters. The van der Waals surface area contributed by atoms with Crippen LogP contribution in [0.5, 0.6) is 0 Å². The molecule has 4 rings (SSSR count). The fourth-order valence-electron chi connectivity index (χ4n) is 3.86. The van der Waals surface area contributed by atoms with Crippen molar-refractivity contribution in [1.82, 2.24) is 9.62 Å². The van der Waals surface area contributed by atoms with Crippen LogP contribution in [-0.2, 0) is 27.7 Å². The number of nitrogens with one attached hydrogen (secondary N) is 2. The lowest BCUT2D eigenvalue weighted by molar-refractivity contribution is -0.122. The normalized spacial score (nSPS) is 17.3. The molecule has 1 fully saturated rings. The van der Waals surface area contributed by atoms with E-state index in [4.69, 9.17) is 0 Å². The Kier molecular flexibility index (Phi) is 5.38. The van der Waals surface area contributed by atoms with E-state index >= 15 is 0 Å². The van der Waals surface area contributed by atoms with Crippen LogP contribution in [0.3, 0.4) is 0 Å². The van der Waals surface area contributed by atoms with Crippen LogP contribution in [0.1, 0.15) is 34.3 Å². The summed E-state index contributed by atoms with van der Waals surface area (Å²) in [5, 5.41) is 5.55. The van der Waals surface area contributed by atoms with Crippen LogP contribution in [0.25, 0.3) is 0 Å². The molecule has 29 heavy (non-hydrogen) atoms. The van der Waals surface area contributed by atoms with Gasteiger partial charge >= 0.3 is 0 Å². The summed E-state index contributed by atoms with van der Waals surface area (Å²) in [6.45, 7) is 0.271. The Hall–Kier alpha value is -2.71. The fraction of sp³-hybridized carbons (Fsp3) is 0.333. The molecule has 7 nitrogen and oxygen atoms in total. The van der Waals surface area contributed by atoms with Crippen LogP contribution < -0.4 is 10.6 Å². The number of amides is 2. The molecule has 0 aromatic heterocycles. The first-order valence-corrected chi connectivity index (χ1v) is 11.2. The van der Waals surface area contributed by atoms with Crippen molar-refractivity contribution >= 4 is 27.5 Å². The number of carbonyl (C=O) groups excluding carboxylic acids is 2. The summed E-state index contributed by atoms with van der Waals surface area (Å²) >= 11 is 0. The minimum Gasteiger partial charge on any atom is -0.354 e. The van der Waals surface area contributed by atoms with Gasteiger partial charge in [-0.2, -0.15) is 4.31 Å². The molecule has 0 saturated carbocycles. The molecule has 1 aliphatic heterocycles. The zero-order valence-electron chi connectivity index (χ0n) is 16.0. The van der Waals surface area contributed by atoms with Crippen LogP contribution in [0, 0.1) is 0 Å². The Bertz CT molecular complexity index is 1070. The first-order valence-electron chi connectivity index (χ1n) is 9.74. The van der Waals surface area contributed by atoms with Gasteiger partial charge in [0.1, 0.15) is 0 Å². The van der Waals surface area contributed by atoms with Crippen molar-refractivity contribution in [2.45, 2.75) is 30.6 Å². The average Bonchev–Trinajstić information content (AvgIpc) is 2.74. The third kappa shape index (κ3) is 4.04. The summed E-state index contributed by atoms with van der Waals surface area (Å²) in [5.74, 6) is -0.681. The number of hydrogen-bond acceptors (Lipinski definition) is 4. The smallest absolute Gasteiger partial charge is 0.255 e. The Morgan fingerprint density at radius 3 is 2.69 bits per heavy atom. The largest absolute Gasteiger partial charge is 0.354 e. The molecule has 2 aromatic carbocycles. The van der Waals surface area contributed by atoms with Gasteiger partial charge in [0.2, 0.25) is 15.9 Å². The number of carbonyl (C=O) groups is 2. The van der Waals surface area contributed by atoms with Crippen LogP contribution >= 0.6 is 0 Å². The summed E-state index contributed by atoms with van der Waals surface area (Å²) < 4.78 is 26.9. The summed E-state index contributed by atoms with van der Waals surface area (Å²) in [7, 11) is -3.85. The molecule has 0 spiro atoms. The molecule has 2 aliphatic rings. The average molecular weight is 413 g/mol. The topological polar surface area (TPSA) is 95.6 Å². The number of piperazine rings is 1. The molecule has 1 saturated heterocycles. The molecular formula is C21H23N3O4S. The van der Waals surface area contributed by atoms with E-state index in [0.29, 0.717) is 0 Å². The predicted octanol–water partition coefficient (Wildman–Crippen LogP) is 1.94. The third-order valence-electron chi connectivity index (χ3n) is 5.38. The molecule has 2 N–H and O–H groups in total. The molecule has 2 amide bonds. The lowest BCUT2D eigenvalue weighted by Gasteiger charge is -2.26. The number of aryl methyl sites for hydroxylation is 1. The number of anilines is 1. The van der Waals surface area contributed by atoms with Gasteiger partial charge in [-0.3, -0.25) is 9.59 Å². The maximum Gasteiger partial charge on any atom is 0.255 e. The fourth-order valence-corrected chi connectivity index (χ4v) is 5.30. The minimum atomic E-state index is -3.85. The number of hydrogen-bond donors (Lipinski definition) is 2. The number of benzene rings is 2. The van der Waals surface area contributed by atoms with E-state index in [1.54, 1.807) is 12.1 Å². The maximum absolute atomic E-state index is 12.9. The highest BCUT2D eigenvalue weighted by atomic mass is 32.2. The van der Waals surface area contributed by atoms with Crippen LogP contribution in [0.2, 0.25) is 0 Å². The minimum absolute atomic E-state index is 0.00920. The van der Waals surface area contributed by atoms with Gasteiger partial charge in [0.25, 0.3) is 5.91 Å². The standard InChI is InChI=1S/C21H23N3O4S/c25-20-14-24(12-11-22-20)29(27,28)17-8-3-7-16(13-17)21(26)23-19-10-4-6-15-5-1-2-9-18(15)19/h3-4,6-8,10,13H,1-2,5,9,11-12,14H2,(H,22,25)(H,23,26). The van der Waals surface area contributed by atoms with Gasteiger partial charge in [-0.05, 0) is 61.1 Å². The molecule has 1 heterocycles. The van der Waals surface area contributed by atoms with Crippen LogP contribution in [-0.4, -0.2) is 44.2 Å². The maximum atomic E-state index is 12.9. The number of fused-ring (bicyclic) bond motifs is 1. The number of rotatable bonds is 4. The first-order chi connectivity index (χ1) is 13.9. The molecule has 0 radical (unpaired) electrons. The highest BCUT2D eigenvalue weighted by Crippen LogP contribution is 2.28. The number of sulfonamides is 1. The number of nitrogens with zero attached hydrogens (tertiary/aromatic N) is 1. The Balaban J connectivity index is 1.57. The summed E-state index contributed by atoms with van der Waals surface area (Å²) in [6, 6.07) is 11.9. The van der Waals surface area contributed by atoms with Crippen molar-refractivity contribution in [1.29, 1.82) is 0 Å². The van der Waals surface area contributed by atoms with Gasteiger partial charge in [-0.15, -0.1) is 0 Å². The predicted molar refractivity (Wildman–Crippen MR) is 109 cm³/mol. The SMILES string of the molecule is O=C1CN(S(=O)(=O)c2cccc(C(=O)Nc3cccc4c3CCCC4)c2)CCN1. The lowest BCUT2D eigenvalue weighted by atomic mass is 9.90. The van der Waals surface area contributed by atoms with Crippen molar-refractivity contribution < 1.29 is 18.0 Å². The van der Waals surface area contributed by atoms with Gasteiger partial charge in [0.05, 0.1) is 11.4 Å². The van der Waals surface area contributed by atoms with Crippen molar-refractivity contribution in [3.63, 3.8) is 0 Å². The zero-order valence-corrected chi connectivity index (χ0v) is 16.8. The van der Waals surface area contributed by atoms with E-state index in [0.717, 1.165) is 41.2 Å². The Labute approximate surface area is 170 Å². The van der Waals surface area contributed by atoms with E-state index in [-0.39, 0.29) is 41.9 Å². The highest BCUT2D eigenvalue weighted by Gasteiger charge is 2.29. The van der Waals surface area contributed by atoms with Gasteiger partial charge in [0.15, 0.2) is 0 Å². The first kappa shape index (κ1) is 19.6. The Morgan fingerprint density at radius 1 is 1.07 bits per heavy atom. The molecular weight excluding hydrogens is 390 g/mol. The molecule has 1 aliphatic carbocycles. The van der Waals surface area contributed by atoms with E-state index in [2.05, 4.69) is 16.7 Å². The summed E-state index contributed by atoms with van der Waals surface area (Å²) in [4.78, 5) is 24.4. The van der Waals surface area contributed by atoms with Crippen molar-refractivity contribution in [2.75, 3.05) is 25.0 Å². The lowest BCUT2D eigenvalue weighted by Crippen LogP contribution is -2.49. The second-order valence-corrected chi connectivity index (χ2v) is 9.26.